The maximum absolute atomic E-state index is 13.5. The van der Waals surface area contributed by atoms with Gasteiger partial charge in [0.2, 0.25) is 11.9 Å². The van der Waals surface area contributed by atoms with E-state index in [-0.39, 0.29) is 12.5 Å². The van der Waals surface area contributed by atoms with Gasteiger partial charge in [0.05, 0.1) is 5.56 Å². The number of benzene rings is 2. The molecule has 11 heteroatoms. The van der Waals surface area contributed by atoms with Crippen molar-refractivity contribution in [2.75, 3.05) is 10.6 Å². The van der Waals surface area contributed by atoms with Crippen LogP contribution in [0, 0.1) is 5.92 Å². The zero-order chi connectivity index (χ0) is 30.2. The summed E-state index contributed by atoms with van der Waals surface area (Å²) in [6.45, 7) is 0.595. The number of hydrogen-bond donors (Lipinski definition) is 3. The van der Waals surface area contributed by atoms with E-state index in [1.54, 1.807) is 0 Å². The minimum absolute atomic E-state index is 0.108. The molecule has 1 saturated carbocycles. The summed E-state index contributed by atoms with van der Waals surface area (Å²) < 4.78 is 40.8. The molecule has 1 amide bonds. The first-order valence-electron chi connectivity index (χ1n) is 14.4. The predicted molar refractivity (Wildman–Crippen MR) is 162 cm³/mol. The molecule has 2 aromatic heterocycles. The molecule has 5 rings (SSSR count). The molecule has 43 heavy (non-hydrogen) atoms. The molecule has 4 aromatic rings. The van der Waals surface area contributed by atoms with Crippen LogP contribution in [0.1, 0.15) is 55.2 Å². The molecule has 7 nitrogen and oxygen atoms in total. The van der Waals surface area contributed by atoms with Gasteiger partial charge in [0.1, 0.15) is 17.7 Å². The lowest BCUT2D eigenvalue weighted by Crippen LogP contribution is -2.41. The second-order valence-electron chi connectivity index (χ2n) is 10.9. The topological polar surface area (TPSA) is 83.9 Å². The van der Waals surface area contributed by atoms with Gasteiger partial charge in [-0.05, 0) is 59.9 Å². The second kappa shape index (κ2) is 13.9. The van der Waals surface area contributed by atoms with E-state index in [0.717, 1.165) is 43.4 Å². The average molecular weight is 611 g/mol. The van der Waals surface area contributed by atoms with Crippen LogP contribution >= 0.6 is 11.6 Å². The molecule has 226 valence electrons. The number of aromatic nitrogens is 3. The van der Waals surface area contributed by atoms with Crippen molar-refractivity contribution in [3.05, 3.63) is 101 Å². The Labute approximate surface area is 253 Å². The highest BCUT2D eigenvalue weighted by atomic mass is 35.5. The number of nitrogens with zero attached hydrogens (tertiary/aromatic N) is 3. The Balaban J connectivity index is 1.34. The van der Waals surface area contributed by atoms with E-state index in [4.69, 9.17) is 16.6 Å². The summed E-state index contributed by atoms with van der Waals surface area (Å²) >= 11 is 6.15. The summed E-state index contributed by atoms with van der Waals surface area (Å²) in [5.41, 5.74) is 0.844. The molecule has 2 aromatic carbocycles. The van der Waals surface area contributed by atoms with E-state index in [0.29, 0.717) is 47.1 Å². The molecule has 3 N–H and O–H groups in total. The van der Waals surface area contributed by atoms with Crippen molar-refractivity contribution in [3.8, 4) is 5.82 Å². The fourth-order valence-corrected chi connectivity index (χ4v) is 5.53. The molecule has 1 fully saturated rings. The number of halogens is 4. The van der Waals surface area contributed by atoms with Crippen molar-refractivity contribution in [3.63, 3.8) is 0 Å². The molecular formula is C32H34ClF3N6O. The predicted octanol–water partition coefficient (Wildman–Crippen LogP) is 7.62. The first-order chi connectivity index (χ1) is 20.7. The number of rotatable bonds is 11. The van der Waals surface area contributed by atoms with Crippen LogP contribution < -0.4 is 16.0 Å². The van der Waals surface area contributed by atoms with Crippen molar-refractivity contribution in [2.24, 2.45) is 5.92 Å². The van der Waals surface area contributed by atoms with E-state index in [1.807, 2.05) is 59.4 Å². The van der Waals surface area contributed by atoms with Crippen LogP contribution in [0.2, 0.25) is 5.02 Å². The highest BCUT2D eigenvalue weighted by Crippen LogP contribution is 2.30. The second-order valence-corrected chi connectivity index (χ2v) is 11.3. The first kappa shape index (κ1) is 30.4. The molecule has 0 radical (unpaired) electrons. The smallest absolute Gasteiger partial charge is 0.366 e. The lowest BCUT2D eigenvalue weighted by atomic mass is 9.84. The molecule has 0 aliphatic heterocycles. The van der Waals surface area contributed by atoms with Crippen molar-refractivity contribution in [2.45, 2.75) is 63.8 Å². The number of carbonyl (C=O) groups is 1. The number of alkyl halides is 3. The Bertz CT molecular complexity index is 1490. The minimum Gasteiger partial charge on any atom is -0.366 e. The SMILES string of the molecule is O=C(NCc1ccc(C(F)(F)F)cc1)C(CC1CCCCC1)Nc1nc(NCc2cccc(Cl)c2)cc(-n2cccc2)n1. The fourth-order valence-electron chi connectivity index (χ4n) is 5.32. The van der Waals surface area contributed by atoms with E-state index >= 15 is 0 Å². The summed E-state index contributed by atoms with van der Waals surface area (Å²) in [6.07, 6.45) is 5.48. The van der Waals surface area contributed by atoms with E-state index in [9.17, 15) is 18.0 Å². The van der Waals surface area contributed by atoms with Gasteiger partial charge in [-0.3, -0.25) is 4.79 Å². The van der Waals surface area contributed by atoms with Gasteiger partial charge in [-0.15, -0.1) is 0 Å². The van der Waals surface area contributed by atoms with Gasteiger partial charge in [-0.1, -0.05) is 68.0 Å². The highest BCUT2D eigenvalue weighted by Gasteiger charge is 2.30. The molecular weight excluding hydrogens is 577 g/mol. The van der Waals surface area contributed by atoms with Crippen LogP contribution in [-0.2, 0) is 24.1 Å². The third kappa shape index (κ3) is 8.73. The molecule has 1 aliphatic rings. The summed E-state index contributed by atoms with van der Waals surface area (Å²) in [5, 5.41) is 10.2. The first-order valence-corrected chi connectivity index (χ1v) is 14.8. The van der Waals surface area contributed by atoms with E-state index in [1.165, 1.54) is 18.6 Å². The third-order valence-electron chi connectivity index (χ3n) is 7.61. The molecule has 1 atom stereocenters. The van der Waals surface area contributed by atoms with Gasteiger partial charge in [0.25, 0.3) is 0 Å². The summed E-state index contributed by atoms with van der Waals surface area (Å²) in [4.78, 5) is 22.9. The number of anilines is 2. The van der Waals surface area contributed by atoms with Gasteiger partial charge in [0, 0.05) is 36.6 Å². The summed E-state index contributed by atoms with van der Waals surface area (Å²) in [5.74, 6) is 1.61. The number of carbonyl (C=O) groups excluding carboxylic acids is 1. The quantitative estimate of drug-likeness (QED) is 0.163. The minimum atomic E-state index is -4.41. The van der Waals surface area contributed by atoms with E-state index in [2.05, 4.69) is 20.9 Å². The van der Waals surface area contributed by atoms with Crippen LogP contribution in [0.3, 0.4) is 0 Å². The highest BCUT2D eigenvalue weighted by molar-refractivity contribution is 6.30. The van der Waals surface area contributed by atoms with Crippen molar-refractivity contribution in [1.82, 2.24) is 19.9 Å². The molecule has 1 unspecified atom stereocenters. The van der Waals surface area contributed by atoms with Gasteiger partial charge in [0.15, 0.2) is 0 Å². The van der Waals surface area contributed by atoms with Crippen LogP contribution in [-0.4, -0.2) is 26.5 Å². The average Bonchev–Trinajstić information content (AvgIpc) is 3.54. The molecule has 2 heterocycles. The van der Waals surface area contributed by atoms with Gasteiger partial charge >= 0.3 is 6.18 Å². The van der Waals surface area contributed by atoms with Gasteiger partial charge < -0.3 is 20.5 Å². The van der Waals surface area contributed by atoms with Crippen molar-refractivity contribution in [1.29, 1.82) is 0 Å². The maximum atomic E-state index is 13.5. The Morgan fingerprint density at radius 1 is 0.930 bits per heavy atom. The Hall–Kier alpha value is -4.05. The third-order valence-corrected chi connectivity index (χ3v) is 7.84. The number of nitrogens with one attached hydrogen (secondary N) is 3. The molecule has 1 aliphatic carbocycles. The van der Waals surface area contributed by atoms with Crippen LogP contribution in [0.4, 0.5) is 24.9 Å². The Morgan fingerprint density at radius 2 is 1.67 bits per heavy atom. The monoisotopic (exact) mass is 610 g/mol. The Morgan fingerprint density at radius 3 is 2.37 bits per heavy atom. The van der Waals surface area contributed by atoms with Gasteiger partial charge in [-0.2, -0.15) is 23.1 Å². The van der Waals surface area contributed by atoms with Crippen LogP contribution in [0.5, 0.6) is 0 Å². The Kier molecular flexibility index (Phi) is 9.86. The molecule has 0 bridgehead atoms. The fraction of sp³-hybridized carbons (Fsp3) is 0.344. The summed E-state index contributed by atoms with van der Waals surface area (Å²) in [7, 11) is 0. The van der Waals surface area contributed by atoms with Crippen molar-refractivity contribution >= 4 is 29.3 Å². The largest absolute Gasteiger partial charge is 0.416 e. The normalized spacial score (nSPS) is 14.7. The van der Waals surface area contributed by atoms with Crippen LogP contribution in [0.15, 0.2) is 79.1 Å². The maximum Gasteiger partial charge on any atom is 0.416 e. The lowest BCUT2D eigenvalue weighted by Gasteiger charge is -2.27. The standard InChI is InChI=1S/C32H34ClF3N6O/c33-26-10-6-9-24(17-26)21-37-28-19-29(42-15-4-5-16-42)41-31(40-28)39-27(18-22-7-2-1-3-8-22)30(43)38-20-23-11-13-25(14-12-23)32(34,35)36/h4-6,9-17,19,22,27H,1-3,7-8,18,20-21H2,(H,38,43)(H2,37,39,40,41). The molecule has 0 saturated heterocycles. The molecule has 0 spiro atoms. The zero-order valence-corrected chi connectivity index (χ0v) is 24.3. The van der Waals surface area contributed by atoms with Crippen molar-refractivity contribution < 1.29 is 18.0 Å². The zero-order valence-electron chi connectivity index (χ0n) is 23.6. The summed E-state index contributed by atoms with van der Waals surface area (Å²) in [6, 6.07) is 17.4. The van der Waals surface area contributed by atoms with Gasteiger partial charge in [-0.25, -0.2) is 0 Å². The number of amides is 1. The number of hydrogen-bond acceptors (Lipinski definition) is 5. The van der Waals surface area contributed by atoms with E-state index < -0.39 is 17.8 Å². The van der Waals surface area contributed by atoms with Crippen LogP contribution in [0.25, 0.3) is 5.82 Å². The lowest BCUT2D eigenvalue weighted by molar-refractivity contribution is -0.137.